The highest BCUT2D eigenvalue weighted by atomic mass is 16.1. The van der Waals surface area contributed by atoms with Gasteiger partial charge in [0.15, 0.2) is 0 Å². The number of nitrogens with zero attached hydrogens (tertiary/aromatic N) is 5. The number of aromatic nitrogens is 4. The first kappa shape index (κ1) is 17.5. The molecule has 0 radical (unpaired) electrons. The van der Waals surface area contributed by atoms with E-state index in [0.717, 1.165) is 18.7 Å². The van der Waals surface area contributed by atoms with Gasteiger partial charge < -0.3 is 10.2 Å². The molecule has 0 aromatic carbocycles. The van der Waals surface area contributed by atoms with E-state index in [1.165, 1.54) is 5.56 Å². The quantitative estimate of drug-likeness (QED) is 0.702. The van der Waals surface area contributed by atoms with Crippen LogP contribution >= 0.6 is 0 Å². The smallest absolute Gasteiger partial charge is 0.254 e. The molecule has 3 aromatic heterocycles. The molecule has 7 nitrogen and oxygen atoms in total. The average molecular weight is 348 g/mol. The number of pyridine rings is 2. The van der Waals surface area contributed by atoms with Crippen LogP contribution in [0.4, 0.5) is 5.95 Å². The van der Waals surface area contributed by atoms with E-state index in [2.05, 4.69) is 25.3 Å². The first-order valence-electron chi connectivity index (χ1n) is 8.32. The van der Waals surface area contributed by atoms with E-state index in [1.54, 1.807) is 31.0 Å². The van der Waals surface area contributed by atoms with E-state index in [9.17, 15) is 4.79 Å². The van der Waals surface area contributed by atoms with Gasteiger partial charge in [-0.15, -0.1) is 0 Å². The number of carbonyl (C=O) groups is 1. The Morgan fingerprint density at radius 3 is 2.50 bits per heavy atom. The van der Waals surface area contributed by atoms with Crippen molar-refractivity contribution in [3.63, 3.8) is 0 Å². The Morgan fingerprint density at radius 2 is 1.81 bits per heavy atom. The Kier molecular flexibility index (Phi) is 5.82. The van der Waals surface area contributed by atoms with Crippen LogP contribution < -0.4 is 10.2 Å². The molecular formula is C19H20N6O. The molecule has 0 spiro atoms. The average Bonchev–Trinajstić information content (AvgIpc) is 2.72. The fourth-order valence-corrected chi connectivity index (χ4v) is 2.36. The molecule has 1 amide bonds. The molecule has 3 aromatic rings. The summed E-state index contributed by atoms with van der Waals surface area (Å²) in [7, 11) is 1.93. The zero-order chi connectivity index (χ0) is 18.2. The van der Waals surface area contributed by atoms with Gasteiger partial charge >= 0.3 is 0 Å². The topological polar surface area (TPSA) is 83.9 Å². The highest BCUT2D eigenvalue weighted by molar-refractivity contribution is 5.93. The fraction of sp³-hybridized carbons (Fsp3) is 0.211. The van der Waals surface area contributed by atoms with Crippen molar-refractivity contribution in [2.75, 3.05) is 18.5 Å². The van der Waals surface area contributed by atoms with Gasteiger partial charge in [-0.3, -0.25) is 14.8 Å². The molecule has 3 heterocycles. The normalized spacial score (nSPS) is 10.3. The van der Waals surface area contributed by atoms with Crippen LogP contribution in [0, 0.1) is 0 Å². The number of carbonyl (C=O) groups excluding carboxylic acids is 1. The third-order valence-corrected chi connectivity index (χ3v) is 3.88. The Bertz CT molecular complexity index is 824. The Hall–Kier alpha value is -3.35. The van der Waals surface area contributed by atoms with Gasteiger partial charge in [-0.05, 0) is 36.2 Å². The first-order chi connectivity index (χ1) is 12.7. The number of anilines is 1. The first-order valence-corrected chi connectivity index (χ1v) is 8.32. The maximum Gasteiger partial charge on any atom is 0.254 e. The van der Waals surface area contributed by atoms with Gasteiger partial charge in [0.05, 0.1) is 17.8 Å². The minimum absolute atomic E-state index is 0.221. The highest BCUT2D eigenvalue weighted by Crippen LogP contribution is 2.07. The molecule has 0 atom stereocenters. The molecule has 0 aliphatic heterocycles. The van der Waals surface area contributed by atoms with Gasteiger partial charge in [0, 0.05) is 44.6 Å². The molecule has 0 saturated carbocycles. The number of amides is 1. The van der Waals surface area contributed by atoms with Crippen LogP contribution in [0.1, 0.15) is 21.6 Å². The van der Waals surface area contributed by atoms with Gasteiger partial charge in [0.1, 0.15) is 0 Å². The highest BCUT2D eigenvalue weighted by Gasteiger charge is 2.09. The molecule has 0 bridgehead atoms. The maximum absolute atomic E-state index is 12.2. The van der Waals surface area contributed by atoms with Crippen molar-refractivity contribution in [1.82, 2.24) is 25.3 Å². The number of nitrogens with one attached hydrogen (secondary N) is 1. The van der Waals surface area contributed by atoms with Crippen molar-refractivity contribution >= 4 is 11.9 Å². The molecule has 0 unspecified atom stereocenters. The monoisotopic (exact) mass is 348 g/mol. The van der Waals surface area contributed by atoms with Crippen LogP contribution in [0.3, 0.4) is 0 Å². The van der Waals surface area contributed by atoms with Crippen molar-refractivity contribution in [2.45, 2.75) is 13.0 Å². The van der Waals surface area contributed by atoms with Gasteiger partial charge in [0.2, 0.25) is 5.95 Å². The van der Waals surface area contributed by atoms with Crippen LogP contribution in [0.15, 0.2) is 61.3 Å². The van der Waals surface area contributed by atoms with E-state index in [1.807, 2.05) is 42.3 Å². The van der Waals surface area contributed by atoms with Crippen LogP contribution in [-0.2, 0) is 13.0 Å². The van der Waals surface area contributed by atoms with E-state index in [-0.39, 0.29) is 5.91 Å². The summed E-state index contributed by atoms with van der Waals surface area (Å²) in [6, 6.07) is 9.56. The SMILES string of the molecule is CN(CCc1ccncc1)c1ncc(C(=O)NCc2ccccn2)cn1. The van der Waals surface area contributed by atoms with Crippen molar-refractivity contribution < 1.29 is 4.79 Å². The third kappa shape index (κ3) is 4.83. The van der Waals surface area contributed by atoms with Crippen LogP contribution in [-0.4, -0.2) is 39.4 Å². The summed E-state index contributed by atoms with van der Waals surface area (Å²) in [6.07, 6.45) is 9.21. The molecule has 0 aliphatic carbocycles. The third-order valence-electron chi connectivity index (χ3n) is 3.88. The predicted molar refractivity (Wildman–Crippen MR) is 98.7 cm³/mol. The molecule has 0 aliphatic rings. The summed E-state index contributed by atoms with van der Waals surface area (Å²) in [5.74, 6) is 0.363. The molecule has 3 rings (SSSR count). The second-order valence-corrected chi connectivity index (χ2v) is 5.80. The lowest BCUT2D eigenvalue weighted by molar-refractivity contribution is 0.0949. The second kappa shape index (κ2) is 8.66. The Balaban J connectivity index is 1.53. The number of hydrogen-bond donors (Lipinski definition) is 1. The van der Waals surface area contributed by atoms with Crippen molar-refractivity contribution in [1.29, 1.82) is 0 Å². The molecule has 26 heavy (non-hydrogen) atoms. The second-order valence-electron chi connectivity index (χ2n) is 5.80. The molecule has 0 saturated heterocycles. The summed E-state index contributed by atoms with van der Waals surface area (Å²) in [4.78, 5) is 30.9. The summed E-state index contributed by atoms with van der Waals surface area (Å²) < 4.78 is 0. The van der Waals surface area contributed by atoms with Gasteiger partial charge in [-0.25, -0.2) is 9.97 Å². The summed E-state index contributed by atoms with van der Waals surface area (Å²) in [5.41, 5.74) is 2.43. The van der Waals surface area contributed by atoms with Gasteiger partial charge in [0.25, 0.3) is 5.91 Å². The summed E-state index contributed by atoms with van der Waals surface area (Å²) in [6.45, 7) is 1.14. The fourth-order valence-electron chi connectivity index (χ4n) is 2.36. The molecule has 1 N–H and O–H groups in total. The minimum Gasteiger partial charge on any atom is -0.346 e. The largest absolute Gasteiger partial charge is 0.346 e. The summed E-state index contributed by atoms with van der Waals surface area (Å²) in [5, 5.41) is 2.81. The zero-order valence-electron chi connectivity index (χ0n) is 14.5. The lowest BCUT2D eigenvalue weighted by Crippen LogP contribution is -2.25. The van der Waals surface area contributed by atoms with Crippen LogP contribution in [0.2, 0.25) is 0 Å². The number of hydrogen-bond acceptors (Lipinski definition) is 6. The van der Waals surface area contributed by atoms with E-state index >= 15 is 0 Å². The molecular weight excluding hydrogens is 328 g/mol. The standard InChI is InChI=1S/C19H20N6O/c1-25(11-7-15-5-9-20-10-6-15)19-23-12-16(13-24-19)18(26)22-14-17-4-2-3-8-21-17/h2-6,8-10,12-13H,7,11,14H2,1H3,(H,22,26). The Labute approximate surface area is 152 Å². The van der Waals surface area contributed by atoms with E-state index < -0.39 is 0 Å². The molecule has 132 valence electrons. The maximum atomic E-state index is 12.2. The van der Waals surface area contributed by atoms with Gasteiger partial charge in [-0.1, -0.05) is 6.07 Å². The molecule has 7 heteroatoms. The van der Waals surface area contributed by atoms with E-state index in [4.69, 9.17) is 0 Å². The van der Waals surface area contributed by atoms with Gasteiger partial charge in [-0.2, -0.15) is 0 Å². The van der Waals surface area contributed by atoms with Crippen molar-refractivity contribution in [3.8, 4) is 0 Å². The lowest BCUT2D eigenvalue weighted by Gasteiger charge is -2.16. The molecule has 0 fully saturated rings. The van der Waals surface area contributed by atoms with Crippen molar-refractivity contribution in [3.05, 3.63) is 78.1 Å². The van der Waals surface area contributed by atoms with Crippen LogP contribution in [0.25, 0.3) is 0 Å². The minimum atomic E-state index is -0.221. The Morgan fingerprint density at radius 1 is 1.04 bits per heavy atom. The summed E-state index contributed by atoms with van der Waals surface area (Å²) >= 11 is 0. The van der Waals surface area contributed by atoms with Crippen molar-refractivity contribution in [2.24, 2.45) is 0 Å². The lowest BCUT2D eigenvalue weighted by atomic mass is 10.2. The van der Waals surface area contributed by atoms with Crippen LogP contribution in [0.5, 0.6) is 0 Å². The number of rotatable bonds is 7. The zero-order valence-corrected chi connectivity index (χ0v) is 14.5. The predicted octanol–water partition coefficient (Wildman–Crippen LogP) is 1.88. The van der Waals surface area contributed by atoms with E-state index in [0.29, 0.717) is 18.1 Å². The number of likely N-dealkylation sites (N-methyl/N-ethyl adjacent to an activating group) is 1.